The SMILES string of the molecule is O=C(O)CC(NC(=O)c1cc(=O)n(-c2ccccc2Cl)[nH]1)c1ccc(N2CCOCC2)cc1. The second kappa shape index (κ2) is 9.93. The van der Waals surface area contributed by atoms with Crippen LogP contribution in [0.1, 0.15) is 28.5 Å². The number of H-pyrrole nitrogens is 1. The standard InChI is InChI=1S/C23H23ClN4O5/c24-17-3-1-2-4-20(17)28-21(29)13-19(26-28)23(32)25-18(14-22(30)31)15-5-7-16(8-6-15)27-9-11-33-12-10-27/h1-8,13,18,26H,9-12,14H2,(H,25,32)(H,30,31). The summed E-state index contributed by atoms with van der Waals surface area (Å²) >= 11 is 6.15. The summed E-state index contributed by atoms with van der Waals surface area (Å²) in [7, 11) is 0. The molecule has 9 nitrogen and oxygen atoms in total. The summed E-state index contributed by atoms with van der Waals surface area (Å²) in [6.45, 7) is 2.88. The molecular formula is C23H23ClN4O5. The van der Waals surface area contributed by atoms with Crippen LogP contribution < -0.4 is 15.8 Å². The molecule has 1 aromatic heterocycles. The number of aliphatic carboxylic acids is 1. The van der Waals surface area contributed by atoms with E-state index in [-0.39, 0.29) is 12.1 Å². The number of hydrogen-bond donors (Lipinski definition) is 3. The van der Waals surface area contributed by atoms with Crippen molar-refractivity contribution in [1.29, 1.82) is 0 Å². The number of carbonyl (C=O) groups excluding carboxylic acids is 1. The van der Waals surface area contributed by atoms with Crippen LogP contribution in [0.5, 0.6) is 0 Å². The zero-order chi connectivity index (χ0) is 23.4. The molecule has 0 radical (unpaired) electrons. The van der Waals surface area contributed by atoms with Gasteiger partial charge in [-0.05, 0) is 29.8 Å². The fourth-order valence-corrected chi connectivity index (χ4v) is 3.95. The van der Waals surface area contributed by atoms with Gasteiger partial charge >= 0.3 is 5.97 Å². The lowest BCUT2D eigenvalue weighted by Crippen LogP contribution is -2.36. The summed E-state index contributed by atoms with van der Waals surface area (Å²) in [6, 6.07) is 14.5. The van der Waals surface area contributed by atoms with Crippen LogP contribution in [0.4, 0.5) is 5.69 Å². The van der Waals surface area contributed by atoms with Crippen molar-refractivity contribution >= 4 is 29.2 Å². The van der Waals surface area contributed by atoms with Gasteiger partial charge in [-0.25, -0.2) is 4.68 Å². The topological polar surface area (TPSA) is 117 Å². The van der Waals surface area contributed by atoms with Crippen LogP contribution in [-0.2, 0) is 9.53 Å². The molecule has 1 atom stereocenters. The van der Waals surface area contributed by atoms with Crippen molar-refractivity contribution in [2.75, 3.05) is 31.2 Å². The number of carbonyl (C=O) groups is 2. The van der Waals surface area contributed by atoms with Gasteiger partial charge in [0.15, 0.2) is 0 Å². The molecule has 1 aliphatic heterocycles. The predicted octanol–water partition coefficient (Wildman–Crippen LogP) is 2.60. The quantitative estimate of drug-likeness (QED) is 0.488. The molecule has 1 unspecified atom stereocenters. The minimum atomic E-state index is -1.06. The molecule has 2 heterocycles. The maximum Gasteiger partial charge on any atom is 0.305 e. The first-order valence-electron chi connectivity index (χ1n) is 10.4. The first kappa shape index (κ1) is 22.6. The van der Waals surface area contributed by atoms with Crippen LogP contribution in [0.3, 0.4) is 0 Å². The number of hydrogen-bond acceptors (Lipinski definition) is 5. The molecule has 0 spiro atoms. The van der Waals surface area contributed by atoms with Gasteiger partial charge in [-0.2, -0.15) is 0 Å². The molecule has 2 aromatic carbocycles. The fraction of sp³-hybridized carbons (Fsp3) is 0.261. The highest BCUT2D eigenvalue weighted by molar-refractivity contribution is 6.32. The monoisotopic (exact) mass is 470 g/mol. The first-order chi connectivity index (χ1) is 15.9. The summed E-state index contributed by atoms with van der Waals surface area (Å²) in [6.07, 6.45) is -0.307. The molecule has 3 N–H and O–H groups in total. The van der Waals surface area contributed by atoms with E-state index in [0.717, 1.165) is 24.8 Å². The van der Waals surface area contributed by atoms with E-state index in [9.17, 15) is 19.5 Å². The van der Waals surface area contributed by atoms with Crippen LogP contribution in [0.2, 0.25) is 5.02 Å². The number of benzene rings is 2. The Morgan fingerprint density at radius 3 is 2.48 bits per heavy atom. The van der Waals surface area contributed by atoms with Crippen molar-refractivity contribution in [3.05, 3.63) is 81.2 Å². The molecule has 0 saturated carbocycles. The van der Waals surface area contributed by atoms with E-state index in [1.165, 1.54) is 4.68 Å². The molecule has 0 aliphatic carbocycles. The third-order valence-corrected chi connectivity index (χ3v) is 5.73. The van der Waals surface area contributed by atoms with Gasteiger partial charge in [0.2, 0.25) is 0 Å². The molecule has 10 heteroatoms. The number of carboxylic acid groups (broad SMARTS) is 1. The molecule has 172 valence electrons. The number of ether oxygens (including phenoxy) is 1. The predicted molar refractivity (Wildman–Crippen MR) is 123 cm³/mol. The van der Waals surface area contributed by atoms with Crippen LogP contribution in [0.25, 0.3) is 5.69 Å². The number of morpholine rings is 1. The highest BCUT2D eigenvalue weighted by atomic mass is 35.5. The number of halogens is 1. The highest BCUT2D eigenvalue weighted by Crippen LogP contribution is 2.23. The van der Waals surface area contributed by atoms with Crippen molar-refractivity contribution in [2.45, 2.75) is 12.5 Å². The molecule has 33 heavy (non-hydrogen) atoms. The van der Waals surface area contributed by atoms with Crippen molar-refractivity contribution in [1.82, 2.24) is 15.1 Å². The largest absolute Gasteiger partial charge is 0.481 e. The number of nitrogens with one attached hydrogen (secondary N) is 2. The Kier molecular flexibility index (Phi) is 6.81. The summed E-state index contributed by atoms with van der Waals surface area (Å²) < 4.78 is 6.54. The zero-order valence-corrected chi connectivity index (χ0v) is 18.4. The van der Waals surface area contributed by atoms with E-state index in [1.807, 2.05) is 12.1 Å². The summed E-state index contributed by atoms with van der Waals surface area (Å²) in [5.74, 6) is -1.65. The maximum atomic E-state index is 12.9. The molecule has 1 saturated heterocycles. The van der Waals surface area contributed by atoms with E-state index in [4.69, 9.17) is 16.3 Å². The number of para-hydroxylation sites is 1. The summed E-state index contributed by atoms with van der Waals surface area (Å²) in [4.78, 5) is 38.9. The molecular weight excluding hydrogens is 448 g/mol. The van der Waals surface area contributed by atoms with Gasteiger partial charge in [0.05, 0.1) is 36.4 Å². The van der Waals surface area contributed by atoms with Crippen molar-refractivity contribution in [3.8, 4) is 5.69 Å². The smallest absolute Gasteiger partial charge is 0.305 e. The second-order valence-electron chi connectivity index (χ2n) is 7.61. The van der Waals surface area contributed by atoms with Crippen LogP contribution >= 0.6 is 11.6 Å². The van der Waals surface area contributed by atoms with Gasteiger partial charge in [0, 0.05) is 24.8 Å². The number of aromatic amines is 1. The van der Waals surface area contributed by atoms with E-state index >= 15 is 0 Å². The maximum absolute atomic E-state index is 12.9. The Hall–Kier alpha value is -3.56. The van der Waals surface area contributed by atoms with Crippen molar-refractivity contribution in [2.24, 2.45) is 0 Å². The van der Waals surface area contributed by atoms with Crippen LogP contribution in [0, 0.1) is 0 Å². The lowest BCUT2D eigenvalue weighted by molar-refractivity contribution is -0.137. The lowest BCUT2D eigenvalue weighted by atomic mass is 10.0. The number of carboxylic acids is 1. The van der Waals surface area contributed by atoms with E-state index in [0.29, 0.717) is 29.5 Å². The van der Waals surface area contributed by atoms with Crippen LogP contribution in [0.15, 0.2) is 59.4 Å². The average Bonchev–Trinajstić information content (AvgIpc) is 3.21. The van der Waals surface area contributed by atoms with E-state index in [2.05, 4.69) is 15.3 Å². The van der Waals surface area contributed by atoms with Gasteiger partial charge in [-0.3, -0.25) is 19.5 Å². The molecule has 1 amide bonds. The number of nitrogens with zero attached hydrogens (tertiary/aromatic N) is 2. The van der Waals surface area contributed by atoms with Gasteiger partial charge in [-0.1, -0.05) is 35.9 Å². The van der Waals surface area contributed by atoms with E-state index < -0.39 is 23.5 Å². The van der Waals surface area contributed by atoms with Gasteiger partial charge in [-0.15, -0.1) is 0 Å². The molecule has 1 fully saturated rings. The minimum absolute atomic E-state index is 0.000227. The average molecular weight is 471 g/mol. The molecule has 1 aliphatic rings. The Labute approximate surface area is 194 Å². The third-order valence-electron chi connectivity index (χ3n) is 5.41. The minimum Gasteiger partial charge on any atom is -0.481 e. The number of anilines is 1. The third kappa shape index (κ3) is 5.27. The van der Waals surface area contributed by atoms with Crippen LogP contribution in [-0.4, -0.2) is 53.1 Å². The Morgan fingerprint density at radius 2 is 1.82 bits per heavy atom. The Bertz CT molecular complexity index is 1200. The highest BCUT2D eigenvalue weighted by Gasteiger charge is 2.22. The fourth-order valence-electron chi connectivity index (χ4n) is 3.73. The van der Waals surface area contributed by atoms with Crippen molar-refractivity contribution in [3.63, 3.8) is 0 Å². The van der Waals surface area contributed by atoms with Gasteiger partial charge in [0.1, 0.15) is 5.69 Å². The number of amides is 1. The zero-order valence-electron chi connectivity index (χ0n) is 17.7. The molecule has 4 rings (SSSR count). The van der Waals surface area contributed by atoms with Gasteiger partial charge < -0.3 is 20.1 Å². The van der Waals surface area contributed by atoms with E-state index in [1.54, 1.807) is 36.4 Å². The number of aromatic nitrogens is 2. The summed E-state index contributed by atoms with van der Waals surface area (Å²) in [5.41, 5.74) is 1.60. The lowest BCUT2D eigenvalue weighted by Gasteiger charge is -2.29. The van der Waals surface area contributed by atoms with Gasteiger partial charge in [0.25, 0.3) is 11.5 Å². The number of rotatable bonds is 7. The summed E-state index contributed by atoms with van der Waals surface area (Å²) in [5, 5.41) is 15.2. The molecule has 3 aromatic rings. The Balaban J connectivity index is 1.54. The molecule has 0 bridgehead atoms. The second-order valence-corrected chi connectivity index (χ2v) is 8.02. The van der Waals surface area contributed by atoms with Crippen molar-refractivity contribution < 1.29 is 19.4 Å². The first-order valence-corrected chi connectivity index (χ1v) is 10.8. The normalized spacial score (nSPS) is 14.6. The Morgan fingerprint density at radius 1 is 1.12 bits per heavy atom.